The molecular weight excluding hydrogens is 250 g/mol. The molecule has 1 rings (SSSR count). The normalized spacial score (nSPS) is 12.5. The van der Waals surface area contributed by atoms with Gasteiger partial charge in [-0.1, -0.05) is 31.5 Å². The van der Waals surface area contributed by atoms with Gasteiger partial charge in [-0.15, -0.1) is 0 Å². The van der Waals surface area contributed by atoms with E-state index < -0.39 is 0 Å². The number of benzene rings is 1. The molecule has 1 atom stereocenters. The minimum atomic E-state index is -0.0158. The second-order valence-corrected chi connectivity index (χ2v) is 6.04. The van der Waals surface area contributed by atoms with Crippen LogP contribution in [0.3, 0.4) is 0 Å². The Balaban J connectivity index is 2.62. The lowest BCUT2D eigenvalue weighted by Crippen LogP contribution is -2.31. The van der Waals surface area contributed by atoms with Crippen molar-refractivity contribution in [1.82, 2.24) is 5.32 Å². The van der Waals surface area contributed by atoms with E-state index in [0.717, 1.165) is 29.5 Å². The van der Waals surface area contributed by atoms with Gasteiger partial charge in [-0.2, -0.15) is 0 Å². The number of amides is 1. The van der Waals surface area contributed by atoms with Gasteiger partial charge in [0, 0.05) is 18.7 Å². The molecule has 0 aromatic heterocycles. The molecule has 1 aromatic carbocycles. The Labute approximate surface area is 122 Å². The van der Waals surface area contributed by atoms with Crippen LogP contribution in [-0.2, 0) is 0 Å². The third-order valence-corrected chi connectivity index (χ3v) is 3.53. The Kier molecular flexibility index (Phi) is 6.73. The molecule has 0 aliphatic carbocycles. The zero-order chi connectivity index (χ0) is 15.1. The molecular formula is C17H27NO2. The number of nitrogens with one attached hydrogen (secondary N) is 1. The molecule has 112 valence electrons. The highest BCUT2D eigenvalue weighted by atomic mass is 16.3. The minimum absolute atomic E-state index is 0.0158. The van der Waals surface area contributed by atoms with Crippen molar-refractivity contribution in [3.05, 3.63) is 34.9 Å². The van der Waals surface area contributed by atoms with Crippen LogP contribution in [0.15, 0.2) is 18.2 Å². The van der Waals surface area contributed by atoms with Crippen molar-refractivity contribution in [3.8, 4) is 0 Å². The number of aliphatic hydroxyl groups is 1. The number of carbonyl (C=O) groups excluding carboxylic acids is 1. The monoisotopic (exact) mass is 277 g/mol. The Morgan fingerprint density at radius 2 is 2.00 bits per heavy atom. The highest BCUT2D eigenvalue weighted by Gasteiger charge is 2.14. The third-order valence-electron chi connectivity index (χ3n) is 3.53. The van der Waals surface area contributed by atoms with E-state index in [2.05, 4.69) is 19.2 Å². The van der Waals surface area contributed by atoms with Gasteiger partial charge in [0.1, 0.15) is 0 Å². The predicted octanol–water partition coefficient (Wildman–Crippen LogP) is 3.08. The van der Waals surface area contributed by atoms with Crippen molar-refractivity contribution in [2.24, 2.45) is 11.8 Å². The van der Waals surface area contributed by atoms with Gasteiger partial charge < -0.3 is 10.4 Å². The van der Waals surface area contributed by atoms with Crippen LogP contribution in [0.25, 0.3) is 0 Å². The molecule has 3 nitrogen and oxygen atoms in total. The number of hydrogen-bond donors (Lipinski definition) is 2. The lowest BCUT2D eigenvalue weighted by molar-refractivity contribution is 0.0940. The second-order valence-electron chi connectivity index (χ2n) is 6.04. The maximum absolute atomic E-state index is 12.2. The van der Waals surface area contributed by atoms with E-state index >= 15 is 0 Å². The van der Waals surface area contributed by atoms with Gasteiger partial charge >= 0.3 is 0 Å². The number of hydrogen-bond acceptors (Lipinski definition) is 2. The summed E-state index contributed by atoms with van der Waals surface area (Å²) in [5, 5.41) is 12.1. The summed E-state index contributed by atoms with van der Waals surface area (Å²) >= 11 is 0. The van der Waals surface area contributed by atoms with Crippen LogP contribution in [0.4, 0.5) is 0 Å². The van der Waals surface area contributed by atoms with Gasteiger partial charge in [-0.05, 0) is 50.2 Å². The summed E-state index contributed by atoms with van der Waals surface area (Å²) in [5.74, 6) is 0.899. The lowest BCUT2D eigenvalue weighted by atomic mass is 9.94. The van der Waals surface area contributed by atoms with Crippen LogP contribution in [0.2, 0.25) is 0 Å². The Bertz CT molecular complexity index is 441. The van der Waals surface area contributed by atoms with Crippen molar-refractivity contribution in [2.45, 2.75) is 40.5 Å². The summed E-state index contributed by atoms with van der Waals surface area (Å²) in [7, 11) is 0. The topological polar surface area (TPSA) is 49.3 Å². The zero-order valence-corrected chi connectivity index (χ0v) is 13.1. The molecule has 1 amide bonds. The van der Waals surface area contributed by atoms with Gasteiger partial charge in [0.15, 0.2) is 0 Å². The maximum atomic E-state index is 12.2. The molecule has 1 unspecified atom stereocenters. The number of aryl methyl sites for hydroxylation is 2. The van der Waals surface area contributed by atoms with E-state index in [1.807, 2.05) is 32.0 Å². The summed E-state index contributed by atoms with van der Waals surface area (Å²) in [6, 6.07) is 5.91. The number of rotatable bonds is 7. The number of aliphatic hydroxyl groups excluding tert-OH is 1. The molecule has 2 N–H and O–H groups in total. The molecule has 20 heavy (non-hydrogen) atoms. The Morgan fingerprint density at radius 3 is 2.60 bits per heavy atom. The highest BCUT2D eigenvalue weighted by Crippen LogP contribution is 2.15. The van der Waals surface area contributed by atoms with E-state index in [9.17, 15) is 4.79 Å². The van der Waals surface area contributed by atoms with Crippen molar-refractivity contribution in [1.29, 1.82) is 0 Å². The molecule has 0 bridgehead atoms. The molecule has 0 spiro atoms. The first kappa shape index (κ1) is 16.7. The lowest BCUT2D eigenvalue weighted by Gasteiger charge is -2.19. The minimum Gasteiger partial charge on any atom is -0.396 e. The zero-order valence-electron chi connectivity index (χ0n) is 13.1. The first-order valence-electron chi connectivity index (χ1n) is 7.40. The molecule has 0 saturated heterocycles. The van der Waals surface area contributed by atoms with Crippen molar-refractivity contribution >= 4 is 5.91 Å². The fourth-order valence-corrected chi connectivity index (χ4v) is 2.47. The van der Waals surface area contributed by atoms with Crippen LogP contribution in [-0.4, -0.2) is 24.2 Å². The molecule has 1 aromatic rings. The fraction of sp³-hybridized carbons (Fsp3) is 0.588. The molecule has 0 saturated carbocycles. The molecule has 0 radical (unpaired) electrons. The standard InChI is InChI=1S/C17H27NO2/c1-12(2)9-15(7-8-19)11-18-17(20)16-10-13(3)5-6-14(16)4/h5-6,10,12,15,19H,7-9,11H2,1-4H3,(H,18,20). The summed E-state index contributed by atoms with van der Waals surface area (Å²) in [5.41, 5.74) is 2.84. The van der Waals surface area contributed by atoms with Gasteiger partial charge in [0.05, 0.1) is 0 Å². The fourth-order valence-electron chi connectivity index (χ4n) is 2.47. The first-order valence-corrected chi connectivity index (χ1v) is 7.40. The molecule has 0 aliphatic rings. The van der Waals surface area contributed by atoms with Crippen LogP contribution in [0.5, 0.6) is 0 Å². The molecule has 3 heteroatoms. The average Bonchev–Trinajstić information content (AvgIpc) is 2.38. The van der Waals surface area contributed by atoms with Crippen LogP contribution in [0, 0.1) is 25.7 Å². The van der Waals surface area contributed by atoms with Gasteiger partial charge in [-0.25, -0.2) is 0 Å². The van der Waals surface area contributed by atoms with Crippen LogP contribution >= 0.6 is 0 Å². The smallest absolute Gasteiger partial charge is 0.251 e. The summed E-state index contributed by atoms with van der Waals surface area (Å²) in [4.78, 5) is 12.2. The van der Waals surface area contributed by atoms with E-state index in [4.69, 9.17) is 5.11 Å². The van der Waals surface area contributed by atoms with Crippen molar-refractivity contribution < 1.29 is 9.90 Å². The maximum Gasteiger partial charge on any atom is 0.251 e. The Morgan fingerprint density at radius 1 is 1.30 bits per heavy atom. The van der Waals surface area contributed by atoms with Crippen LogP contribution < -0.4 is 5.32 Å². The SMILES string of the molecule is Cc1ccc(C)c(C(=O)NCC(CCO)CC(C)C)c1. The molecule has 0 heterocycles. The summed E-state index contributed by atoms with van der Waals surface area (Å²) < 4.78 is 0. The molecule has 0 aliphatic heterocycles. The van der Waals surface area contributed by atoms with Crippen molar-refractivity contribution in [2.75, 3.05) is 13.2 Å². The van der Waals surface area contributed by atoms with E-state index in [1.165, 1.54) is 0 Å². The largest absolute Gasteiger partial charge is 0.396 e. The van der Waals surface area contributed by atoms with E-state index in [-0.39, 0.29) is 12.5 Å². The number of carbonyl (C=O) groups is 1. The van der Waals surface area contributed by atoms with Crippen LogP contribution in [0.1, 0.15) is 48.2 Å². The van der Waals surface area contributed by atoms with Gasteiger partial charge in [0.2, 0.25) is 0 Å². The predicted molar refractivity (Wildman–Crippen MR) is 82.9 cm³/mol. The quantitative estimate of drug-likeness (QED) is 0.804. The summed E-state index contributed by atoms with van der Waals surface area (Å²) in [6.07, 6.45) is 1.76. The van der Waals surface area contributed by atoms with E-state index in [0.29, 0.717) is 18.4 Å². The third kappa shape index (κ3) is 5.33. The van der Waals surface area contributed by atoms with Crippen molar-refractivity contribution in [3.63, 3.8) is 0 Å². The Hall–Kier alpha value is -1.35. The second kappa shape index (κ2) is 8.05. The van der Waals surface area contributed by atoms with E-state index in [1.54, 1.807) is 0 Å². The van der Waals surface area contributed by atoms with Gasteiger partial charge in [-0.3, -0.25) is 4.79 Å². The molecule has 0 fully saturated rings. The average molecular weight is 277 g/mol. The first-order chi connectivity index (χ1) is 9.43. The highest BCUT2D eigenvalue weighted by molar-refractivity contribution is 5.95. The van der Waals surface area contributed by atoms with Gasteiger partial charge in [0.25, 0.3) is 5.91 Å². The summed E-state index contributed by atoms with van der Waals surface area (Å²) in [6.45, 7) is 9.08.